The van der Waals surface area contributed by atoms with Gasteiger partial charge in [-0.2, -0.15) is 5.10 Å². The number of aromatic nitrogens is 2. The first kappa shape index (κ1) is 20.9. The normalized spacial score (nSPS) is 16.7. The molecule has 0 aliphatic carbocycles. The standard InChI is InChI=1S/C18H24N4O6S/c1-18(2,3)28-17(24)20-12-5-6-16-15(7-12)22(9-13(11-23)27-16)29(25,26)14-8-19-21(4)10-14/h5-8,10,13,23H,9,11H2,1-4H3,(H,20,24)/t13-/m1/s1. The van der Waals surface area contributed by atoms with E-state index in [0.717, 1.165) is 4.31 Å². The third-order valence-electron chi connectivity index (χ3n) is 4.01. The lowest BCUT2D eigenvalue weighted by Crippen LogP contribution is -2.45. The number of carbonyl (C=O) groups excluding carboxylic acids is 1. The second-order valence-electron chi connectivity index (χ2n) is 7.62. The summed E-state index contributed by atoms with van der Waals surface area (Å²) in [6.07, 6.45) is 1.25. The maximum Gasteiger partial charge on any atom is 0.412 e. The predicted molar refractivity (Wildman–Crippen MR) is 106 cm³/mol. The highest BCUT2D eigenvalue weighted by atomic mass is 32.2. The molecule has 2 aromatic rings. The molecule has 2 N–H and O–H groups in total. The number of carbonyl (C=O) groups is 1. The minimum Gasteiger partial charge on any atom is -0.484 e. The van der Waals surface area contributed by atoms with Crippen LogP contribution in [0, 0.1) is 0 Å². The Labute approximate surface area is 169 Å². The molecular formula is C18H24N4O6S. The second kappa shape index (κ2) is 7.56. The lowest BCUT2D eigenvalue weighted by molar-refractivity contribution is 0.0636. The third-order valence-corrected chi connectivity index (χ3v) is 5.74. The van der Waals surface area contributed by atoms with Crippen molar-refractivity contribution in [2.45, 2.75) is 37.4 Å². The number of benzene rings is 1. The highest BCUT2D eigenvalue weighted by Gasteiger charge is 2.35. The maximum absolute atomic E-state index is 13.2. The molecule has 1 atom stereocenters. The molecule has 0 unspecified atom stereocenters. The summed E-state index contributed by atoms with van der Waals surface area (Å²) in [5, 5.41) is 16.0. The van der Waals surface area contributed by atoms with Crippen molar-refractivity contribution in [3.05, 3.63) is 30.6 Å². The summed E-state index contributed by atoms with van der Waals surface area (Å²) in [4.78, 5) is 12.1. The number of amides is 1. The van der Waals surface area contributed by atoms with Crippen molar-refractivity contribution in [2.24, 2.45) is 7.05 Å². The van der Waals surface area contributed by atoms with E-state index in [1.165, 1.54) is 29.2 Å². The molecule has 1 aliphatic rings. The van der Waals surface area contributed by atoms with E-state index < -0.39 is 27.8 Å². The van der Waals surface area contributed by atoms with Gasteiger partial charge in [-0.1, -0.05) is 0 Å². The summed E-state index contributed by atoms with van der Waals surface area (Å²) in [6.45, 7) is 4.78. The molecule has 0 bridgehead atoms. The molecule has 3 rings (SSSR count). The summed E-state index contributed by atoms with van der Waals surface area (Å²) >= 11 is 0. The highest BCUT2D eigenvalue weighted by molar-refractivity contribution is 7.92. The van der Waals surface area contributed by atoms with E-state index in [4.69, 9.17) is 9.47 Å². The molecule has 10 nitrogen and oxygen atoms in total. The van der Waals surface area contributed by atoms with Crippen LogP contribution in [-0.4, -0.2) is 54.3 Å². The number of rotatable bonds is 4. The number of aliphatic hydroxyl groups is 1. The summed E-state index contributed by atoms with van der Waals surface area (Å²) in [5.74, 6) is 0.275. The van der Waals surface area contributed by atoms with Crippen molar-refractivity contribution < 1.29 is 27.8 Å². The van der Waals surface area contributed by atoms with E-state index in [0.29, 0.717) is 5.69 Å². The number of nitrogens with one attached hydrogen (secondary N) is 1. The lowest BCUT2D eigenvalue weighted by atomic mass is 10.2. The fourth-order valence-electron chi connectivity index (χ4n) is 2.79. The van der Waals surface area contributed by atoms with E-state index >= 15 is 0 Å². The first-order valence-electron chi connectivity index (χ1n) is 8.92. The van der Waals surface area contributed by atoms with Crippen LogP contribution in [0.3, 0.4) is 0 Å². The van der Waals surface area contributed by atoms with Gasteiger partial charge in [-0.05, 0) is 39.0 Å². The van der Waals surface area contributed by atoms with E-state index in [-0.39, 0.29) is 29.5 Å². The Kier molecular flexibility index (Phi) is 5.46. The van der Waals surface area contributed by atoms with Gasteiger partial charge in [0.25, 0.3) is 10.0 Å². The van der Waals surface area contributed by atoms with Gasteiger partial charge in [0.15, 0.2) is 0 Å². The molecule has 11 heteroatoms. The van der Waals surface area contributed by atoms with Crippen molar-refractivity contribution in [1.29, 1.82) is 0 Å². The van der Waals surface area contributed by atoms with Crippen molar-refractivity contribution >= 4 is 27.5 Å². The number of aryl methyl sites for hydroxylation is 1. The molecule has 0 radical (unpaired) electrons. The largest absolute Gasteiger partial charge is 0.484 e. The van der Waals surface area contributed by atoms with Crippen molar-refractivity contribution in [3.8, 4) is 5.75 Å². The fraction of sp³-hybridized carbons (Fsp3) is 0.444. The first-order valence-corrected chi connectivity index (χ1v) is 10.4. The molecular weight excluding hydrogens is 400 g/mol. The summed E-state index contributed by atoms with van der Waals surface area (Å²) in [7, 11) is -2.34. The first-order chi connectivity index (χ1) is 13.5. The Balaban J connectivity index is 1.97. The van der Waals surface area contributed by atoms with Gasteiger partial charge in [0.1, 0.15) is 22.4 Å². The molecule has 1 amide bonds. The summed E-state index contributed by atoms with van der Waals surface area (Å²) in [5.41, 5.74) is -0.0895. The van der Waals surface area contributed by atoms with Gasteiger partial charge in [-0.3, -0.25) is 14.3 Å². The van der Waals surface area contributed by atoms with Crippen molar-refractivity contribution in [2.75, 3.05) is 22.8 Å². The Bertz CT molecular complexity index is 1010. The number of hydrogen-bond acceptors (Lipinski definition) is 7. The summed E-state index contributed by atoms with van der Waals surface area (Å²) < 4.78 is 39.8. The Morgan fingerprint density at radius 3 is 2.72 bits per heavy atom. The average molecular weight is 424 g/mol. The molecule has 2 heterocycles. The Morgan fingerprint density at radius 2 is 2.14 bits per heavy atom. The Morgan fingerprint density at radius 1 is 1.41 bits per heavy atom. The van der Waals surface area contributed by atoms with Gasteiger partial charge < -0.3 is 14.6 Å². The minimum absolute atomic E-state index is 0.00930. The van der Waals surface area contributed by atoms with Crippen LogP contribution in [0.2, 0.25) is 0 Å². The molecule has 0 saturated heterocycles. The number of nitrogens with zero attached hydrogens (tertiary/aromatic N) is 3. The van der Waals surface area contributed by atoms with Gasteiger partial charge in [0.05, 0.1) is 25.0 Å². The Hall–Kier alpha value is -2.79. The monoisotopic (exact) mass is 424 g/mol. The third kappa shape index (κ3) is 4.62. The number of aliphatic hydroxyl groups excluding tert-OH is 1. The number of ether oxygens (including phenoxy) is 2. The zero-order valence-corrected chi connectivity index (χ0v) is 17.4. The van der Waals surface area contributed by atoms with Crippen LogP contribution >= 0.6 is 0 Å². The average Bonchev–Trinajstić information content (AvgIpc) is 3.06. The van der Waals surface area contributed by atoms with Gasteiger partial charge in [-0.25, -0.2) is 13.2 Å². The number of hydrogen-bond donors (Lipinski definition) is 2. The van der Waals surface area contributed by atoms with Gasteiger partial charge in [0, 0.05) is 18.9 Å². The van der Waals surface area contributed by atoms with E-state index in [1.54, 1.807) is 33.9 Å². The van der Waals surface area contributed by atoms with Crippen LogP contribution in [0.4, 0.5) is 16.2 Å². The SMILES string of the molecule is Cn1cc(S(=O)(=O)N2C[C@H](CO)Oc3ccc(NC(=O)OC(C)(C)C)cc32)cn1. The van der Waals surface area contributed by atoms with Crippen molar-refractivity contribution in [1.82, 2.24) is 9.78 Å². The number of sulfonamides is 1. The maximum atomic E-state index is 13.2. The number of anilines is 2. The van der Waals surface area contributed by atoms with E-state index in [1.807, 2.05) is 0 Å². The summed E-state index contributed by atoms with van der Waals surface area (Å²) in [6, 6.07) is 4.59. The molecule has 0 spiro atoms. The lowest BCUT2D eigenvalue weighted by Gasteiger charge is -2.34. The molecule has 0 saturated carbocycles. The van der Waals surface area contributed by atoms with Crippen molar-refractivity contribution in [3.63, 3.8) is 0 Å². The topological polar surface area (TPSA) is 123 Å². The fourth-order valence-corrected chi connectivity index (χ4v) is 4.28. The van der Waals surface area contributed by atoms with Crippen LogP contribution < -0.4 is 14.4 Å². The molecule has 1 aliphatic heterocycles. The smallest absolute Gasteiger partial charge is 0.412 e. The quantitative estimate of drug-likeness (QED) is 0.766. The van der Waals surface area contributed by atoms with Crippen LogP contribution in [0.25, 0.3) is 0 Å². The van der Waals surface area contributed by atoms with E-state index in [2.05, 4.69) is 10.4 Å². The highest BCUT2D eigenvalue weighted by Crippen LogP contribution is 2.39. The number of fused-ring (bicyclic) bond motifs is 1. The molecule has 1 aromatic carbocycles. The van der Waals surface area contributed by atoms with Crippen LogP contribution in [0.5, 0.6) is 5.75 Å². The van der Waals surface area contributed by atoms with Crippen LogP contribution in [-0.2, 0) is 21.8 Å². The zero-order chi connectivity index (χ0) is 21.4. The predicted octanol–water partition coefficient (Wildman–Crippen LogP) is 1.72. The van der Waals surface area contributed by atoms with Crippen LogP contribution in [0.15, 0.2) is 35.5 Å². The van der Waals surface area contributed by atoms with Gasteiger partial charge in [-0.15, -0.1) is 0 Å². The second-order valence-corrected chi connectivity index (χ2v) is 9.48. The molecule has 158 valence electrons. The molecule has 29 heavy (non-hydrogen) atoms. The molecule has 1 aromatic heterocycles. The molecule has 0 fully saturated rings. The van der Waals surface area contributed by atoms with Gasteiger partial charge in [0.2, 0.25) is 0 Å². The minimum atomic E-state index is -3.96. The van der Waals surface area contributed by atoms with Gasteiger partial charge >= 0.3 is 6.09 Å². The zero-order valence-electron chi connectivity index (χ0n) is 16.6. The van der Waals surface area contributed by atoms with E-state index in [9.17, 15) is 18.3 Å². The van der Waals surface area contributed by atoms with Crippen LogP contribution in [0.1, 0.15) is 20.8 Å².